The highest BCUT2D eigenvalue weighted by molar-refractivity contribution is 9.09. The third kappa shape index (κ3) is 2.65. The first kappa shape index (κ1) is 9.25. The van der Waals surface area contributed by atoms with E-state index in [1.165, 1.54) is 0 Å². The minimum absolute atomic E-state index is 0.0293. The monoisotopic (exact) mass is 231 g/mol. The fourth-order valence-electron chi connectivity index (χ4n) is 0.773. The van der Waals surface area contributed by atoms with Crippen LogP contribution in [0.15, 0.2) is 6.07 Å². The molecule has 0 saturated carbocycles. The number of hydrogen-bond acceptors (Lipinski definition) is 2. The van der Waals surface area contributed by atoms with Crippen LogP contribution in [0.5, 0.6) is 0 Å². The van der Waals surface area contributed by atoms with Gasteiger partial charge in [0.1, 0.15) is 0 Å². The van der Waals surface area contributed by atoms with Crippen LogP contribution in [0.25, 0.3) is 0 Å². The third-order valence-corrected chi connectivity index (χ3v) is 1.69. The highest BCUT2D eigenvalue weighted by atomic mass is 79.9. The molecule has 66 valence electrons. The molecule has 5 heteroatoms. The fraction of sp³-hybridized carbons (Fsp3) is 0.429. The van der Waals surface area contributed by atoms with E-state index >= 15 is 0 Å². The van der Waals surface area contributed by atoms with Gasteiger partial charge in [0.25, 0.3) is 0 Å². The summed E-state index contributed by atoms with van der Waals surface area (Å²) >= 11 is 3.18. The summed E-state index contributed by atoms with van der Waals surface area (Å²) in [5.41, 5.74) is 0.934. The summed E-state index contributed by atoms with van der Waals surface area (Å²) in [7, 11) is 0. The van der Waals surface area contributed by atoms with Crippen molar-refractivity contribution in [2.75, 3.05) is 10.6 Å². The smallest absolute Gasteiger partial charge is 0.226 e. The molecule has 0 fully saturated rings. The molecule has 2 N–H and O–H groups in total. The normalized spacial score (nSPS) is 9.83. The summed E-state index contributed by atoms with van der Waals surface area (Å²) in [6.07, 6.45) is 0.464. The second-order valence-corrected chi connectivity index (χ2v) is 3.22. The molecule has 4 nitrogen and oxygen atoms in total. The standard InChI is InChI=1S/C7H10BrN3O/c1-5-4-6(11-10-5)9-7(12)2-3-8/h4H,2-3H2,1H3,(H2,9,10,11,12). The van der Waals surface area contributed by atoms with Crippen molar-refractivity contribution in [3.63, 3.8) is 0 Å². The number of carbonyl (C=O) groups excluding carboxylic acids is 1. The number of nitrogens with zero attached hydrogens (tertiary/aromatic N) is 1. The van der Waals surface area contributed by atoms with Crippen LogP contribution < -0.4 is 5.32 Å². The molecule has 0 aliphatic carbocycles. The molecule has 0 atom stereocenters. The maximum Gasteiger partial charge on any atom is 0.226 e. The minimum Gasteiger partial charge on any atom is -0.309 e. The lowest BCUT2D eigenvalue weighted by molar-refractivity contribution is -0.115. The lowest BCUT2D eigenvalue weighted by Crippen LogP contribution is -2.11. The van der Waals surface area contributed by atoms with Gasteiger partial charge in [-0.3, -0.25) is 9.89 Å². The first-order valence-electron chi connectivity index (χ1n) is 3.60. The molecule has 12 heavy (non-hydrogen) atoms. The number of hydrogen-bond donors (Lipinski definition) is 2. The van der Waals surface area contributed by atoms with E-state index in [1.54, 1.807) is 6.07 Å². The van der Waals surface area contributed by atoms with E-state index in [0.717, 1.165) is 5.69 Å². The molecule has 0 spiro atoms. The molecule has 0 unspecified atom stereocenters. The van der Waals surface area contributed by atoms with Crippen LogP contribution in [0.4, 0.5) is 5.82 Å². The maximum absolute atomic E-state index is 11.0. The van der Waals surface area contributed by atoms with Crippen LogP contribution >= 0.6 is 15.9 Å². The summed E-state index contributed by atoms with van der Waals surface area (Å²) in [6.45, 7) is 1.88. The van der Waals surface area contributed by atoms with E-state index < -0.39 is 0 Å². The molecular formula is C7H10BrN3O. The summed E-state index contributed by atoms with van der Waals surface area (Å²) in [6, 6.07) is 1.78. The van der Waals surface area contributed by atoms with E-state index in [0.29, 0.717) is 17.6 Å². The van der Waals surface area contributed by atoms with Crippen molar-refractivity contribution in [1.82, 2.24) is 10.2 Å². The van der Waals surface area contributed by atoms with E-state index in [2.05, 4.69) is 31.4 Å². The molecule has 0 bridgehead atoms. The highest BCUT2D eigenvalue weighted by Crippen LogP contribution is 2.04. The average molecular weight is 232 g/mol. The molecule has 0 aliphatic heterocycles. The molecule has 1 rings (SSSR count). The van der Waals surface area contributed by atoms with Gasteiger partial charge in [0.05, 0.1) is 0 Å². The van der Waals surface area contributed by atoms with Crippen LogP contribution in [-0.2, 0) is 4.79 Å². The molecule has 0 aliphatic rings. The lowest BCUT2D eigenvalue weighted by atomic mass is 10.4. The predicted molar refractivity (Wildman–Crippen MR) is 50.4 cm³/mol. The van der Waals surface area contributed by atoms with Gasteiger partial charge < -0.3 is 5.32 Å². The SMILES string of the molecule is Cc1cc(NC(=O)CCBr)n[nH]1. The van der Waals surface area contributed by atoms with Gasteiger partial charge in [-0.25, -0.2) is 0 Å². The Morgan fingerprint density at radius 2 is 2.58 bits per heavy atom. The van der Waals surface area contributed by atoms with E-state index in [1.807, 2.05) is 6.92 Å². The van der Waals surface area contributed by atoms with E-state index in [9.17, 15) is 4.79 Å². The van der Waals surface area contributed by atoms with Crippen LogP contribution in [-0.4, -0.2) is 21.4 Å². The summed E-state index contributed by atoms with van der Waals surface area (Å²) < 4.78 is 0. The number of nitrogens with one attached hydrogen (secondary N) is 2. The Morgan fingerprint density at radius 3 is 3.08 bits per heavy atom. The number of aromatic nitrogens is 2. The quantitative estimate of drug-likeness (QED) is 0.774. The lowest BCUT2D eigenvalue weighted by Gasteiger charge is -1.96. The number of alkyl halides is 1. The zero-order valence-electron chi connectivity index (χ0n) is 6.72. The van der Waals surface area contributed by atoms with E-state index in [4.69, 9.17) is 0 Å². The van der Waals surface area contributed by atoms with Crippen molar-refractivity contribution < 1.29 is 4.79 Å². The molecule has 0 aromatic carbocycles. The van der Waals surface area contributed by atoms with Crippen LogP contribution in [0, 0.1) is 6.92 Å². The van der Waals surface area contributed by atoms with Gasteiger partial charge in [0.2, 0.25) is 5.91 Å². The number of aryl methyl sites for hydroxylation is 1. The Bertz CT molecular complexity index is 271. The van der Waals surface area contributed by atoms with Crippen molar-refractivity contribution in [3.8, 4) is 0 Å². The van der Waals surface area contributed by atoms with Crippen LogP contribution in [0.2, 0.25) is 0 Å². The number of aromatic amines is 1. The molecule has 1 amide bonds. The van der Waals surface area contributed by atoms with Gasteiger partial charge in [-0.2, -0.15) is 5.10 Å². The number of amides is 1. The number of halogens is 1. The predicted octanol–water partition coefficient (Wildman–Crippen LogP) is 1.44. The Morgan fingerprint density at radius 1 is 1.83 bits per heavy atom. The van der Waals surface area contributed by atoms with Crippen molar-refractivity contribution in [3.05, 3.63) is 11.8 Å². The van der Waals surface area contributed by atoms with Crippen molar-refractivity contribution in [1.29, 1.82) is 0 Å². The number of anilines is 1. The van der Waals surface area contributed by atoms with Crippen molar-refractivity contribution in [2.45, 2.75) is 13.3 Å². The minimum atomic E-state index is -0.0293. The zero-order chi connectivity index (χ0) is 8.97. The highest BCUT2D eigenvalue weighted by Gasteiger charge is 2.02. The number of rotatable bonds is 3. The average Bonchev–Trinajstić information content (AvgIpc) is 2.36. The molecule has 1 heterocycles. The second kappa shape index (κ2) is 4.25. The van der Waals surface area contributed by atoms with Gasteiger partial charge in [0.15, 0.2) is 5.82 Å². The summed E-state index contributed by atoms with van der Waals surface area (Å²) in [5, 5.41) is 9.93. The molecular weight excluding hydrogens is 222 g/mol. The fourth-order valence-corrected chi connectivity index (χ4v) is 1.13. The molecule has 0 saturated heterocycles. The molecule has 1 aromatic heterocycles. The Balaban J connectivity index is 2.46. The van der Waals surface area contributed by atoms with Gasteiger partial charge in [0, 0.05) is 23.5 Å². The van der Waals surface area contributed by atoms with Crippen molar-refractivity contribution in [2.24, 2.45) is 0 Å². The number of carbonyl (C=O) groups is 1. The third-order valence-electron chi connectivity index (χ3n) is 1.29. The van der Waals surface area contributed by atoms with Gasteiger partial charge in [-0.15, -0.1) is 0 Å². The number of H-pyrrole nitrogens is 1. The topological polar surface area (TPSA) is 57.8 Å². The zero-order valence-corrected chi connectivity index (χ0v) is 8.31. The summed E-state index contributed by atoms with van der Waals surface area (Å²) in [4.78, 5) is 11.0. The largest absolute Gasteiger partial charge is 0.309 e. The first-order valence-corrected chi connectivity index (χ1v) is 4.72. The summed E-state index contributed by atoms with van der Waals surface area (Å²) in [5.74, 6) is 0.553. The second-order valence-electron chi connectivity index (χ2n) is 2.42. The Hall–Kier alpha value is -0.840. The van der Waals surface area contributed by atoms with Gasteiger partial charge in [-0.1, -0.05) is 15.9 Å². The van der Waals surface area contributed by atoms with Crippen molar-refractivity contribution >= 4 is 27.7 Å². The Kier molecular flexibility index (Phi) is 3.28. The molecule has 0 radical (unpaired) electrons. The van der Waals surface area contributed by atoms with Gasteiger partial charge >= 0.3 is 0 Å². The molecule has 1 aromatic rings. The maximum atomic E-state index is 11.0. The van der Waals surface area contributed by atoms with Gasteiger partial charge in [-0.05, 0) is 6.92 Å². The Labute approximate surface area is 78.9 Å². The first-order chi connectivity index (χ1) is 5.72. The van der Waals surface area contributed by atoms with Crippen LogP contribution in [0.1, 0.15) is 12.1 Å². The van der Waals surface area contributed by atoms with E-state index in [-0.39, 0.29) is 5.91 Å². The van der Waals surface area contributed by atoms with Crippen LogP contribution in [0.3, 0.4) is 0 Å².